The number of amides is 1. The summed E-state index contributed by atoms with van der Waals surface area (Å²) < 4.78 is 28.3. The third kappa shape index (κ3) is 3.45. The van der Waals surface area contributed by atoms with Crippen LogP contribution in [0.25, 0.3) is 0 Å². The van der Waals surface area contributed by atoms with E-state index in [9.17, 15) is 13.2 Å². The van der Waals surface area contributed by atoms with Crippen LogP contribution in [0.4, 0.5) is 27.9 Å². The van der Waals surface area contributed by atoms with Crippen LogP contribution in [-0.2, 0) is 10.2 Å². The minimum Gasteiger partial charge on any atom is -0.367 e. The first-order valence-corrected chi connectivity index (χ1v) is 12.3. The minimum absolute atomic E-state index is 0.141. The number of aromatic nitrogens is 2. The highest BCUT2D eigenvalue weighted by Gasteiger charge is 2.40. The SMILES string of the molecule is CN1c2ccccc2N(c2nc(C(=O)Nc3cnccc3N3CCNCC3)cs2)S1(=O)=O. The summed E-state index contributed by atoms with van der Waals surface area (Å²) in [6, 6.07) is 8.86. The molecule has 1 saturated heterocycles. The Balaban J connectivity index is 1.41. The van der Waals surface area contributed by atoms with Crippen molar-refractivity contribution in [2.45, 2.75) is 0 Å². The Hall–Kier alpha value is -3.22. The summed E-state index contributed by atoms with van der Waals surface area (Å²) in [5.41, 5.74) is 2.69. The van der Waals surface area contributed by atoms with E-state index in [1.807, 2.05) is 6.07 Å². The molecular formula is C20H21N7O3S2. The van der Waals surface area contributed by atoms with Gasteiger partial charge in [0.2, 0.25) is 5.13 Å². The van der Waals surface area contributed by atoms with Crippen LogP contribution >= 0.6 is 11.3 Å². The topological polar surface area (TPSA) is 111 Å². The molecule has 1 aromatic carbocycles. The fraction of sp³-hybridized carbons (Fsp3) is 0.250. The molecule has 2 aliphatic rings. The average molecular weight is 472 g/mol. The molecule has 0 atom stereocenters. The summed E-state index contributed by atoms with van der Waals surface area (Å²) in [5, 5.41) is 7.95. The van der Waals surface area contributed by atoms with E-state index in [0.717, 1.165) is 43.2 Å². The van der Waals surface area contributed by atoms with E-state index < -0.39 is 16.1 Å². The molecule has 0 spiro atoms. The largest absolute Gasteiger partial charge is 0.367 e. The van der Waals surface area contributed by atoms with Crippen LogP contribution in [0, 0.1) is 0 Å². The monoisotopic (exact) mass is 471 g/mol. The van der Waals surface area contributed by atoms with Crippen LogP contribution in [0.3, 0.4) is 0 Å². The standard InChI is InChI=1S/C20H21N7O3S2/c1-25-17-4-2-3-5-18(17)27(32(25,29)30)20-24-15(13-31-20)19(28)23-14-12-22-7-6-16(14)26-10-8-21-9-11-26/h2-7,12-13,21H,8-11H2,1H3,(H,23,28). The van der Waals surface area contributed by atoms with Crippen molar-refractivity contribution in [1.82, 2.24) is 15.3 Å². The first-order valence-electron chi connectivity index (χ1n) is 10.0. The van der Waals surface area contributed by atoms with Crippen LogP contribution in [0.2, 0.25) is 0 Å². The lowest BCUT2D eigenvalue weighted by molar-refractivity contribution is 0.102. The number of thiazole rings is 1. The van der Waals surface area contributed by atoms with Crippen molar-refractivity contribution in [2.24, 2.45) is 0 Å². The van der Waals surface area contributed by atoms with Gasteiger partial charge < -0.3 is 15.5 Å². The first-order chi connectivity index (χ1) is 15.5. The fourth-order valence-corrected chi connectivity index (χ4v) is 6.21. The van der Waals surface area contributed by atoms with Gasteiger partial charge in [0.1, 0.15) is 5.69 Å². The number of fused-ring (bicyclic) bond motifs is 1. The summed E-state index contributed by atoms with van der Waals surface area (Å²) in [7, 11) is -2.31. The minimum atomic E-state index is -3.81. The molecule has 0 saturated carbocycles. The third-order valence-electron chi connectivity index (χ3n) is 5.42. The molecule has 32 heavy (non-hydrogen) atoms. The molecule has 12 heteroatoms. The maximum absolute atomic E-state index is 12.9. The van der Waals surface area contributed by atoms with Gasteiger partial charge in [-0.2, -0.15) is 12.7 Å². The van der Waals surface area contributed by atoms with Crippen molar-refractivity contribution in [1.29, 1.82) is 0 Å². The number of carbonyl (C=O) groups is 1. The molecule has 5 rings (SSSR count). The fourth-order valence-electron chi connectivity index (χ4n) is 3.79. The van der Waals surface area contributed by atoms with Gasteiger partial charge in [-0.15, -0.1) is 11.3 Å². The number of nitrogens with one attached hydrogen (secondary N) is 2. The number of carbonyl (C=O) groups excluding carboxylic acids is 1. The molecule has 1 fully saturated rings. The molecule has 0 unspecified atom stereocenters. The maximum Gasteiger partial charge on any atom is 0.332 e. The van der Waals surface area contributed by atoms with Crippen molar-refractivity contribution in [3.63, 3.8) is 0 Å². The summed E-state index contributed by atoms with van der Waals surface area (Å²) in [4.78, 5) is 23.6. The van der Waals surface area contributed by atoms with Crippen molar-refractivity contribution < 1.29 is 13.2 Å². The molecule has 0 aliphatic carbocycles. The molecule has 2 N–H and O–H groups in total. The second-order valence-electron chi connectivity index (χ2n) is 7.33. The molecule has 0 bridgehead atoms. The zero-order chi connectivity index (χ0) is 22.3. The van der Waals surface area contributed by atoms with Crippen molar-refractivity contribution in [3.05, 3.63) is 53.8 Å². The number of anilines is 5. The zero-order valence-electron chi connectivity index (χ0n) is 17.2. The number of piperazine rings is 1. The number of hydrogen-bond acceptors (Lipinski definition) is 8. The quantitative estimate of drug-likeness (QED) is 0.599. The highest BCUT2D eigenvalue weighted by Crippen LogP contribution is 2.45. The van der Waals surface area contributed by atoms with Crippen molar-refractivity contribution >= 4 is 55.3 Å². The Morgan fingerprint density at radius 2 is 1.88 bits per heavy atom. The normalized spacial score (nSPS) is 17.3. The molecule has 166 valence electrons. The average Bonchev–Trinajstić information content (AvgIpc) is 3.36. The predicted molar refractivity (Wildman–Crippen MR) is 125 cm³/mol. The van der Waals surface area contributed by atoms with Gasteiger partial charge in [-0.1, -0.05) is 12.1 Å². The number of nitrogens with zero attached hydrogens (tertiary/aromatic N) is 5. The van der Waals surface area contributed by atoms with E-state index in [1.54, 1.807) is 42.0 Å². The van der Waals surface area contributed by atoms with E-state index in [4.69, 9.17) is 0 Å². The van der Waals surface area contributed by atoms with Crippen LogP contribution < -0.4 is 24.1 Å². The van der Waals surface area contributed by atoms with Crippen LogP contribution in [0.15, 0.2) is 48.1 Å². The van der Waals surface area contributed by atoms with Crippen LogP contribution in [0.5, 0.6) is 0 Å². The highest BCUT2D eigenvalue weighted by atomic mass is 32.2. The third-order valence-corrected chi connectivity index (χ3v) is 8.08. The van der Waals surface area contributed by atoms with E-state index >= 15 is 0 Å². The number of para-hydroxylation sites is 2. The molecule has 4 heterocycles. The van der Waals surface area contributed by atoms with Gasteiger partial charge in [0, 0.05) is 44.8 Å². The summed E-state index contributed by atoms with van der Waals surface area (Å²) in [6.45, 7) is 3.39. The van der Waals surface area contributed by atoms with Gasteiger partial charge >= 0.3 is 10.2 Å². The Labute approximate surface area is 189 Å². The smallest absolute Gasteiger partial charge is 0.332 e. The van der Waals surface area contributed by atoms with Crippen LogP contribution in [-0.4, -0.2) is 57.5 Å². The van der Waals surface area contributed by atoms with Gasteiger partial charge in [-0.05, 0) is 18.2 Å². The molecule has 0 radical (unpaired) electrons. The number of hydrogen-bond donors (Lipinski definition) is 2. The molecular weight excluding hydrogens is 450 g/mol. The molecule has 2 aliphatic heterocycles. The Morgan fingerprint density at radius 3 is 2.66 bits per heavy atom. The summed E-state index contributed by atoms with van der Waals surface area (Å²) in [5.74, 6) is -0.421. The first kappa shape index (κ1) is 20.7. The number of rotatable bonds is 4. The number of pyridine rings is 1. The number of benzene rings is 1. The van der Waals surface area contributed by atoms with E-state index in [0.29, 0.717) is 17.1 Å². The maximum atomic E-state index is 12.9. The van der Waals surface area contributed by atoms with Gasteiger partial charge in [0.05, 0.1) is 28.9 Å². The van der Waals surface area contributed by atoms with Gasteiger partial charge in [-0.25, -0.2) is 4.98 Å². The molecule has 10 nitrogen and oxygen atoms in total. The molecule has 2 aromatic heterocycles. The van der Waals surface area contributed by atoms with Crippen LogP contribution in [0.1, 0.15) is 10.5 Å². The van der Waals surface area contributed by atoms with Crippen molar-refractivity contribution in [2.75, 3.05) is 52.1 Å². The van der Waals surface area contributed by atoms with Gasteiger partial charge in [0.25, 0.3) is 5.91 Å². The summed E-state index contributed by atoms with van der Waals surface area (Å²) in [6.07, 6.45) is 3.30. The highest BCUT2D eigenvalue weighted by molar-refractivity contribution is 7.95. The van der Waals surface area contributed by atoms with Crippen molar-refractivity contribution in [3.8, 4) is 0 Å². The van der Waals surface area contributed by atoms with Gasteiger partial charge in [0.15, 0.2) is 0 Å². The second kappa shape index (κ2) is 8.04. The van der Waals surface area contributed by atoms with E-state index in [-0.39, 0.29) is 10.8 Å². The Bertz CT molecular complexity index is 1270. The lowest BCUT2D eigenvalue weighted by Gasteiger charge is -2.30. The Kier molecular flexibility index (Phi) is 5.19. The second-order valence-corrected chi connectivity index (χ2v) is 9.97. The zero-order valence-corrected chi connectivity index (χ0v) is 18.9. The van der Waals surface area contributed by atoms with E-state index in [1.165, 1.54) is 15.7 Å². The lowest BCUT2D eigenvalue weighted by Crippen LogP contribution is -2.43. The van der Waals surface area contributed by atoms with Gasteiger partial charge in [-0.3, -0.25) is 14.1 Å². The Morgan fingerprint density at radius 1 is 1.12 bits per heavy atom. The summed E-state index contributed by atoms with van der Waals surface area (Å²) >= 11 is 1.10. The molecule has 1 amide bonds. The predicted octanol–water partition coefficient (Wildman–Crippen LogP) is 2.03. The lowest BCUT2D eigenvalue weighted by atomic mass is 10.2. The molecule has 3 aromatic rings. The van der Waals surface area contributed by atoms with E-state index in [2.05, 4.69) is 25.5 Å².